The molecule has 0 aliphatic rings. The van der Waals surface area contributed by atoms with Crippen LogP contribution < -0.4 is 5.32 Å². The van der Waals surface area contributed by atoms with Crippen LogP contribution in [0.2, 0.25) is 4.34 Å². The predicted molar refractivity (Wildman–Crippen MR) is 81.6 cm³/mol. The number of nitrogens with one attached hydrogen (secondary N) is 1. The zero-order valence-corrected chi connectivity index (χ0v) is 12.5. The van der Waals surface area contributed by atoms with Gasteiger partial charge in [0, 0.05) is 37.3 Å². The van der Waals surface area contributed by atoms with Gasteiger partial charge in [0.25, 0.3) is 0 Å². The molecule has 0 aliphatic carbocycles. The van der Waals surface area contributed by atoms with Gasteiger partial charge in [-0.1, -0.05) is 17.7 Å². The third-order valence-electron chi connectivity index (χ3n) is 2.76. The largest absolute Gasteiger partial charge is 0.311 e. The minimum Gasteiger partial charge on any atom is -0.311 e. The summed E-state index contributed by atoms with van der Waals surface area (Å²) in [4.78, 5) is 7.86. The number of nitrogens with zero attached hydrogens (tertiary/aromatic N) is 2. The number of thiophene rings is 1. The van der Waals surface area contributed by atoms with Gasteiger partial charge in [0.15, 0.2) is 0 Å². The molecule has 0 saturated heterocycles. The van der Waals surface area contributed by atoms with Crippen LogP contribution in [-0.4, -0.2) is 30.0 Å². The summed E-state index contributed by atoms with van der Waals surface area (Å²) in [6, 6.07) is 10.0. The fraction of sp³-hybridized carbons (Fsp3) is 0.357. The highest BCUT2D eigenvalue weighted by atomic mass is 35.5. The highest BCUT2D eigenvalue weighted by molar-refractivity contribution is 7.16. The van der Waals surface area contributed by atoms with E-state index >= 15 is 0 Å². The van der Waals surface area contributed by atoms with Crippen molar-refractivity contribution in [3.05, 3.63) is 51.4 Å². The Balaban J connectivity index is 1.63. The lowest BCUT2D eigenvalue weighted by atomic mass is 10.3. The summed E-state index contributed by atoms with van der Waals surface area (Å²) in [7, 11) is 2.11. The van der Waals surface area contributed by atoms with Crippen molar-refractivity contribution < 1.29 is 0 Å². The second-order valence-electron chi connectivity index (χ2n) is 4.44. The molecule has 0 aromatic carbocycles. The Bertz CT molecular complexity index is 486. The third kappa shape index (κ3) is 5.28. The summed E-state index contributed by atoms with van der Waals surface area (Å²) in [6.45, 7) is 3.72. The van der Waals surface area contributed by atoms with Crippen LogP contribution in [0.25, 0.3) is 0 Å². The number of aromatic nitrogens is 1. The monoisotopic (exact) mass is 295 g/mol. The van der Waals surface area contributed by atoms with E-state index in [1.807, 2.05) is 24.4 Å². The minimum absolute atomic E-state index is 0.851. The number of likely N-dealkylation sites (N-methyl/N-ethyl adjacent to an activating group) is 1. The fourth-order valence-electron chi connectivity index (χ4n) is 1.78. The van der Waals surface area contributed by atoms with Crippen molar-refractivity contribution in [3.63, 3.8) is 0 Å². The number of rotatable bonds is 7. The van der Waals surface area contributed by atoms with Crippen LogP contribution in [0.15, 0.2) is 36.5 Å². The smallest absolute Gasteiger partial charge is 0.0931 e. The number of hydrogen-bond acceptors (Lipinski definition) is 4. The Kier molecular flexibility index (Phi) is 5.79. The lowest BCUT2D eigenvalue weighted by Gasteiger charge is -2.16. The maximum atomic E-state index is 5.89. The van der Waals surface area contributed by atoms with Crippen LogP contribution in [-0.2, 0) is 13.1 Å². The van der Waals surface area contributed by atoms with Crippen LogP contribution in [0.1, 0.15) is 10.6 Å². The normalized spacial score (nSPS) is 11.1. The molecule has 2 rings (SSSR count). The molecule has 0 saturated carbocycles. The summed E-state index contributed by atoms with van der Waals surface area (Å²) < 4.78 is 0.851. The first-order valence-electron chi connectivity index (χ1n) is 6.27. The molecule has 0 amide bonds. The Morgan fingerprint density at radius 2 is 2.21 bits per heavy atom. The lowest BCUT2D eigenvalue weighted by Crippen LogP contribution is -2.28. The van der Waals surface area contributed by atoms with Crippen LogP contribution in [0, 0.1) is 0 Å². The third-order valence-corrected chi connectivity index (χ3v) is 3.99. The summed E-state index contributed by atoms with van der Waals surface area (Å²) >= 11 is 7.52. The Labute approximate surface area is 123 Å². The van der Waals surface area contributed by atoms with Gasteiger partial charge in [-0.05, 0) is 31.3 Å². The molecule has 5 heteroatoms. The number of pyridine rings is 1. The molecule has 2 aromatic rings. The second-order valence-corrected chi connectivity index (χ2v) is 6.24. The average molecular weight is 296 g/mol. The van der Waals surface area contributed by atoms with E-state index in [-0.39, 0.29) is 0 Å². The van der Waals surface area contributed by atoms with Gasteiger partial charge < -0.3 is 5.32 Å². The molecule has 0 radical (unpaired) electrons. The second kappa shape index (κ2) is 7.60. The van der Waals surface area contributed by atoms with Crippen molar-refractivity contribution in [2.75, 3.05) is 20.1 Å². The highest BCUT2D eigenvalue weighted by Crippen LogP contribution is 2.20. The van der Waals surface area contributed by atoms with Crippen LogP contribution >= 0.6 is 22.9 Å². The standard InChI is InChI=1S/C14H18ClN3S/c1-18(11-12-4-2-3-7-17-12)9-8-16-10-13-5-6-14(15)19-13/h2-7,16H,8-11H2,1H3. The molecule has 0 spiro atoms. The molecule has 0 atom stereocenters. The maximum Gasteiger partial charge on any atom is 0.0931 e. The molecular weight excluding hydrogens is 278 g/mol. The summed E-state index contributed by atoms with van der Waals surface area (Å²) in [5, 5.41) is 3.42. The lowest BCUT2D eigenvalue weighted by molar-refractivity contribution is 0.320. The van der Waals surface area contributed by atoms with Gasteiger partial charge in [0.05, 0.1) is 10.0 Å². The molecule has 1 N–H and O–H groups in total. The fourth-order valence-corrected chi connectivity index (χ4v) is 2.83. The Hall–Kier alpha value is -0.940. The summed E-state index contributed by atoms with van der Waals surface area (Å²) in [6.07, 6.45) is 1.84. The van der Waals surface area contributed by atoms with Crippen molar-refractivity contribution in [2.24, 2.45) is 0 Å². The SMILES string of the molecule is CN(CCNCc1ccc(Cl)s1)Cc1ccccn1. The van der Waals surface area contributed by atoms with E-state index in [1.165, 1.54) is 4.88 Å². The van der Waals surface area contributed by atoms with Crippen molar-refractivity contribution in [1.29, 1.82) is 0 Å². The van der Waals surface area contributed by atoms with Gasteiger partial charge in [0.1, 0.15) is 0 Å². The zero-order valence-electron chi connectivity index (χ0n) is 11.0. The van der Waals surface area contributed by atoms with Gasteiger partial charge in [-0.3, -0.25) is 9.88 Å². The Morgan fingerprint density at radius 1 is 1.32 bits per heavy atom. The average Bonchev–Trinajstić information content (AvgIpc) is 2.82. The quantitative estimate of drug-likeness (QED) is 0.796. The molecule has 3 nitrogen and oxygen atoms in total. The molecule has 19 heavy (non-hydrogen) atoms. The highest BCUT2D eigenvalue weighted by Gasteiger charge is 2.01. The summed E-state index contributed by atoms with van der Waals surface area (Å²) in [5.74, 6) is 0. The first-order valence-corrected chi connectivity index (χ1v) is 7.47. The van der Waals surface area contributed by atoms with Gasteiger partial charge in [-0.25, -0.2) is 0 Å². The van der Waals surface area contributed by atoms with E-state index in [2.05, 4.69) is 34.4 Å². The van der Waals surface area contributed by atoms with E-state index in [4.69, 9.17) is 11.6 Å². The number of hydrogen-bond donors (Lipinski definition) is 1. The Morgan fingerprint density at radius 3 is 2.89 bits per heavy atom. The minimum atomic E-state index is 0.851. The van der Waals surface area contributed by atoms with Gasteiger partial charge >= 0.3 is 0 Å². The molecule has 0 aliphatic heterocycles. The first-order chi connectivity index (χ1) is 9.24. The molecule has 0 fully saturated rings. The molecule has 0 bridgehead atoms. The van der Waals surface area contributed by atoms with E-state index < -0.39 is 0 Å². The van der Waals surface area contributed by atoms with E-state index in [1.54, 1.807) is 11.3 Å². The van der Waals surface area contributed by atoms with Gasteiger partial charge in [-0.15, -0.1) is 11.3 Å². The molecule has 2 aromatic heterocycles. The van der Waals surface area contributed by atoms with E-state index in [9.17, 15) is 0 Å². The zero-order chi connectivity index (χ0) is 13.5. The molecular formula is C14H18ClN3S. The van der Waals surface area contributed by atoms with E-state index in [0.29, 0.717) is 0 Å². The first kappa shape index (κ1) is 14.5. The topological polar surface area (TPSA) is 28.2 Å². The van der Waals surface area contributed by atoms with Crippen molar-refractivity contribution in [3.8, 4) is 0 Å². The summed E-state index contributed by atoms with van der Waals surface area (Å²) in [5.41, 5.74) is 1.11. The number of halogens is 1. The van der Waals surface area contributed by atoms with Crippen LogP contribution in [0.4, 0.5) is 0 Å². The van der Waals surface area contributed by atoms with Crippen LogP contribution in [0.3, 0.4) is 0 Å². The predicted octanol–water partition coefficient (Wildman–Crippen LogP) is 3.02. The molecule has 102 valence electrons. The maximum absolute atomic E-state index is 5.89. The van der Waals surface area contributed by atoms with Crippen molar-refractivity contribution >= 4 is 22.9 Å². The van der Waals surface area contributed by atoms with Gasteiger partial charge in [-0.2, -0.15) is 0 Å². The van der Waals surface area contributed by atoms with Crippen LogP contribution in [0.5, 0.6) is 0 Å². The molecule has 0 unspecified atom stereocenters. The van der Waals surface area contributed by atoms with Crippen molar-refractivity contribution in [1.82, 2.24) is 15.2 Å². The van der Waals surface area contributed by atoms with Crippen molar-refractivity contribution in [2.45, 2.75) is 13.1 Å². The molecule has 2 heterocycles. The van der Waals surface area contributed by atoms with Gasteiger partial charge in [0.2, 0.25) is 0 Å². The van der Waals surface area contributed by atoms with E-state index in [0.717, 1.165) is 36.2 Å².